The van der Waals surface area contributed by atoms with Crippen LogP contribution < -0.4 is 4.80 Å². The van der Waals surface area contributed by atoms with Gasteiger partial charge in [0.2, 0.25) is 0 Å². The quantitative estimate of drug-likeness (QED) is 0.551. The predicted molar refractivity (Wildman–Crippen MR) is 103 cm³/mol. The van der Waals surface area contributed by atoms with Crippen molar-refractivity contribution in [3.05, 3.63) is 63.4 Å². The maximum absolute atomic E-state index is 12.9. The Labute approximate surface area is 172 Å². The van der Waals surface area contributed by atoms with Gasteiger partial charge in [-0.2, -0.15) is 18.2 Å². The van der Waals surface area contributed by atoms with Crippen molar-refractivity contribution in [2.24, 2.45) is 4.99 Å². The summed E-state index contributed by atoms with van der Waals surface area (Å²) in [6.45, 7) is 1.58. The van der Waals surface area contributed by atoms with Gasteiger partial charge in [-0.05, 0) is 37.3 Å². The normalized spacial score (nSPS) is 12.4. The first-order valence-electron chi connectivity index (χ1n) is 8.40. The molecule has 0 bridgehead atoms. The Bertz CT molecular complexity index is 1150. The molecule has 5 nitrogen and oxygen atoms in total. The van der Waals surface area contributed by atoms with E-state index in [1.165, 1.54) is 10.6 Å². The molecule has 0 fully saturated rings. The van der Waals surface area contributed by atoms with Gasteiger partial charge in [-0.3, -0.25) is 9.59 Å². The van der Waals surface area contributed by atoms with Crippen molar-refractivity contribution in [2.45, 2.75) is 19.6 Å². The first-order valence-corrected chi connectivity index (χ1v) is 9.60. The summed E-state index contributed by atoms with van der Waals surface area (Å²) < 4.78 is 45.8. The molecule has 29 heavy (non-hydrogen) atoms. The third-order valence-electron chi connectivity index (χ3n) is 3.88. The highest BCUT2D eigenvalue weighted by Crippen LogP contribution is 2.30. The van der Waals surface area contributed by atoms with Crippen molar-refractivity contribution < 1.29 is 27.5 Å². The highest BCUT2D eigenvalue weighted by molar-refractivity contribution is 7.16. The summed E-state index contributed by atoms with van der Waals surface area (Å²) in [6.07, 6.45) is -4.58. The Morgan fingerprint density at radius 1 is 1.21 bits per heavy atom. The van der Waals surface area contributed by atoms with Gasteiger partial charge in [-0.1, -0.05) is 35.1 Å². The number of esters is 1. The van der Waals surface area contributed by atoms with Crippen LogP contribution in [0.1, 0.15) is 22.8 Å². The molecule has 2 aromatic carbocycles. The molecule has 0 atom stereocenters. The zero-order valence-corrected chi connectivity index (χ0v) is 16.6. The molecule has 0 unspecified atom stereocenters. The van der Waals surface area contributed by atoms with Gasteiger partial charge in [-0.15, -0.1) is 0 Å². The van der Waals surface area contributed by atoms with Crippen molar-refractivity contribution in [3.8, 4) is 0 Å². The van der Waals surface area contributed by atoms with E-state index in [1.54, 1.807) is 25.1 Å². The fourth-order valence-corrected chi connectivity index (χ4v) is 4.02. The van der Waals surface area contributed by atoms with E-state index in [1.807, 2.05) is 0 Å². The number of halogens is 4. The van der Waals surface area contributed by atoms with Crippen LogP contribution in [-0.2, 0) is 22.3 Å². The number of carbonyl (C=O) groups excluding carboxylic acids is 2. The number of thiazole rings is 1. The van der Waals surface area contributed by atoms with Crippen LogP contribution in [0.2, 0.25) is 5.02 Å². The summed E-state index contributed by atoms with van der Waals surface area (Å²) >= 11 is 7.33. The lowest BCUT2D eigenvalue weighted by molar-refractivity contribution is -0.143. The molecule has 0 saturated heterocycles. The highest BCUT2D eigenvalue weighted by Gasteiger charge is 2.30. The maximum Gasteiger partial charge on any atom is 0.416 e. The Morgan fingerprint density at radius 3 is 2.62 bits per heavy atom. The fraction of sp³-hybridized carbons (Fsp3) is 0.211. The van der Waals surface area contributed by atoms with Gasteiger partial charge in [-0.25, -0.2) is 0 Å². The van der Waals surface area contributed by atoms with E-state index in [0.29, 0.717) is 15.2 Å². The second-order valence-corrected chi connectivity index (χ2v) is 7.27. The minimum atomic E-state index is -4.58. The molecule has 1 heterocycles. The van der Waals surface area contributed by atoms with Crippen molar-refractivity contribution in [1.29, 1.82) is 0 Å². The van der Waals surface area contributed by atoms with Crippen LogP contribution in [0.15, 0.2) is 47.5 Å². The molecule has 10 heteroatoms. The first kappa shape index (κ1) is 21.1. The Morgan fingerprint density at radius 2 is 1.93 bits per heavy atom. The third-order valence-corrected chi connectivity index (χ3v) is 5.23. The lowest BCUT2D eigenvalue weighted by Gasteiger charge is -2.07. The Hall–Kier alpha value is -2.65. The Balaban J connectivity index is 2.11. The third kappa shape index (κ3) is 4.68. The van der Waals surface area contributed by atoms with Crippen LogP contribution in [0, 0.1) is 0 Å². The van der Waals surface area contributed by atoms with Crippen molar-refractivity contribution in [1.82, 2.24) is 4.57 Å². The summed E-state index contributed by atoms with van der Waals surface area (Å²) in [5.41, 5.74) is -0.675. The number of alkyl halides is 3. The summed E-state index contributed by atoms with van der Waals surface area (Å²) in [5, 5.41) is 0.344. The summed E-state index contributed by atoms with van der Waals surface area (Å²) in [7, 11) is 0. The van der Waals surface area contributed by atoms with Crippen LogP contribution in [-0.4, -0.2) is 23.1 Å². The Kier molecular flexibility index (Phi) is 6.09. The number of para-hydroxylation sites is 1. The summed E-state index contributed by atoms with van der Waals surface area (Å²) in [5.74, 6) is -1.42. The zero-order chi connectivity index (χ0) is 21.2. The lowest BCUT2D eigenvalue weighted by Crippen LogP contribution is -2.23. The van der Waals surface area contributed by atoms with E-state index in [0.717, 1.165) is 29.5 Å². The summed E-state index contributed by atoms with van der Waals surface area (Å²) in [6, 6.07) is 9.06. The number of nitrogens with zero attached hydrogens (tertiary/aromatic N) is 2. The van der Waals surface area contributed by atoms with Gasteiger partial charge in [0.25, 0.3) is 5.91 Å². The molecular formula is C19H14ClF3N2O3S. The number of benzene rings is 2. The van der Waals surface area contributed by atoms with Crippen LogP contribution in [0.5, 0.6) is 0 Å². The first-order chi connectivity index (χ1) is 13.7. The zero-order valence-electron chi connectivity index (χ0n) is 15.0. The molecular weight excluding hydrogens is 429 g/mol. The fourth-order valence-electron chi connectivity index (χ4n) is 2.63. The average Bonchev–Trinajstić information content (AvgIpc) is 2.99. The van der Waals surface area contributed by atoms with E-state index in [-0.39, 0.29) is 23.5 Å². The number of hydrogen-bond acceptors (Lipinski definition) is 4. The van der Waals surface area contributed by atoms with Crippen LogP contribution in [0.3, 0.4) is 0 Å². The predicted octanol–water partition coefficient (Wildman–Crippen LogP) is 4.68. The maximum atomic E-state index is 12.9. The molecule has 0 saturated carbocycles. The van der Waals surface area contributed by atoms with Crippen LogP contribution >= 0.6 is 22.9 Å². The smallest absolute Gasteiger partial charge is 0.416 e. The van der Waals surface area contributed by atoms with Gasteiger partial charge in [0, 0.05) is 5.56 Å². The van der Waals surface area contributed by atoms with E-state index < -0.39 is 23.6 Å². The average molecular weight is 443 g/mol. The van der Waals surface area contributed by atoms with E-state index in [4.69, 9.17) is 16.3 Å². The number of hydrogen-bond donors (Lipinski definition) is 0. The molecule has 3 rings (SSSR count). The van der Waals surface area contributed by atoms with Gasteiger partial charge >= 0.3 is 12.1 Å². The van der Waals surface area contributed by atoms with Crippen LogP contribution in [0.25, 0.3) is 10.2 Å². The van der Waals surface area contributed by atoms with E-state index >= 15 is 0 Å². The number of fused-ring (bicyclic) bond motifs is 1. The SMILES string of the molecule is CCOC(=O)Cn1c(=NC(=O)c2cccc(C(F)(F)F)c2)sc2cccc(Cl)c21. The number of carbonyl (C=O) groups is 2. The van der Waals surface area contributed by atoms with Crippen molar-refractivity contribution >= 4 is 45.0 Å². The van der Waals surface area contributed by atoms with Gasteiger partial charge in [0.15, 0.2) is 4.80 Å². The molecule has 152 valence electrons. The number of rotatable bonds is 4. The molecule has 1 amide bonds. The highest BCUT2D eigenvalue weighted by atomic mass is 35.5. The lowest BCUT2D eigenvalue weighted by atomic mass is 10.1. The van der Waals surface area contributed by atoms with Crippen molar-refractivity contribution in [3.63, 3.8) is 0 Å². The molecule has 0 aliphatic rings. The number of aromatic nitrogens is 1. The van der Waals surface area contributed by atoms with Crippen molar-refractivity contribution in [2.75, 3.05) is 6.61 Å². The van der Waals surface area contributed by atoms with E-state index in [9.17, 15) is 22.8 Å². The summed E-state index contributed by atoms with van der Waals surface area (Å²) in [4.78, 5) is 28.6. The van der Waals surface area contributed by atoms with Gasteiger partial charge in [0.05, 0.1) is 27.4 Å². The monoisotopic (exact) mass is 442 g/mol. The van der Waals surface area contributed by atoms with Gasteiger partial charge in [0.1, 0.15) is 6.54 Å². The van der Waals surface area contributed by atoms with Gasteiger partial charge < -0.3 is 9.30 Å². The molecule has 0 radical (unpaired) electrons. The van der Waals surface area contributed by atoms with E-state index in [2.05, 4.69) is 4.99 Å². The molecule has 0 N–H and O–H groups in total. The molecule has 0 spiro atoms. The minimum Gasteiger partial charge on any atom is -0.465 e. The molecule has 3 aromatic rings. The topological polar surface area (TPSA) is 60.7 Å². The standard InChI is InChI=1S/C19H14ClF3N2O3S/c1-2-28-15(26)10-25-16-13(20)7-4-8-14(16)29-18(25)24-17(27)11-5-3-6-12(9-11)19(21,22)23/h3-9H,2,10H2,1H3. The minimum absolute atomic E-state index is 0.128. The largest absolute Gasteiger partial charge is 0.465 e. The number of amides is 1. The second kappa shape index (κ2) is 8.38. The molecule has 0 aliphatic heterocycles. The second-order valence-electron chi connectivity index (χ2n) is 5.86. The molecule has 1 aromatic heterocycles. The molecule has 0 aliphatic carbocycles. The number of ether oxygens (including phenoxy) is 1. The van der Waals surface area contributed by atoms with Crippen LogP contribution in [0.4, 0.5) is 13.2 Å².